The van der Waals surface area contributed by atoms with Crippen LogP contribution in [0.4, 0.5) is 5.69 Å². The fourth-order valence-electron chi connectivity index (χ4n) is 2.30. The molecule has 126 valence electrons. The molecule has 0 aliphatic rings. The number of hydrogen-bond donors (Lipinski definition) is 1. The monoisotopic (exact) mass is 330 g/mol. The van der Waals surface area contributed by atoms with E-state index in [1.54, 1.807) is 39.3 Å². The second kappa shape index (κ2) is 7.45. The van der Waals surface area contributed by atoms with E-state index in [0.717, 1.165) is 5.56 Å². The normalized spacial score (nSPS) is 11.5. The molecule has 2 aromatic rings. The van der Waals surface area contributed by atoms with Gasteiger partial charge in [0.25, 0.3) is 11.6 Å². The van der Waals surface area contributed by atoms with Crippen molar-refractivity contribution in [3.05, 3.63) is 63.7 Å². The summed E-state index contributed by atoms with van der Waals surface area (Å²) in [4.78, 5) is 22.6. The highest BCUT2D eigenvalue weighted by Gasteiger charge is 2.17. The van der Waals surface area contributed by atoms with E-state index in [-0.39, 0.29) is 17.3 Å². The Morgan fingerprint density at radius 1 is 1.17 bits per heavy atom. The quantitative estimate of drug-likeness (QED) is 0.649. The number of hydrogen-bond acceptors (Lipinski definition) is 5. The third kappa shape index (κ3) is 3.81. The molecule has 0 spiro atoms. The van der Waals surface area contributed by atoms with Gasteiger partial charge in [-0.05, 0) is 31.2 Å². The van der Waals surface area contributed by atoms with Gasteiger partial charge in [0.2, 0.25) is 0 Å². The van der Waals surface area contributed by atoms with Crippen LogP contribution >= 0.6 is 0 Å². The van der Waals surface area contributed by atoms with E-state index in [9.17, 15) is 14.9 Å². The summed E-state index contributed by atoms with van der Waals surface area (Å²) in [5, 5.41) is 13.6. The number of nitrogens with zero attached hydrogens (tertiary/aromatic N) is 1. The number of nitro benzene ring substituents is 1. The second-order valence-corrected chi connectivity index (χ2v) is 5.11. The lowest BCUT2D eigenvalue weighted by Gasteiger charge is -2.18. The molecule has 0 fully saturated rings. The lowest BCUT2D eigenvalue weighted by molar-refractivity contribution is -0.384. The number of non-ortho nitro benzene ring substituents is 1. The molecule has 7 heteroatoms. The number of nitro groups is 1. The van der Waals surface area contributed by atoms with Gasteiger partial charge in [-0.25, -0.2) is 0 Å². The van der Waals surface area contributed by atoms with E-state index in [2.05, 4.69) is 5.32 Å². The molecule has 0 aliphatic carbocycles. The van der Waals surface area contributed by atoms with E-state index in [0.29, 0.717) is 11.5 Å². The maximum absolute atomic E-state index is 12.4. The highest BCUT2D eigenvalue weighted by Crippen LogP contribution is 2.29. The zero-order valence-electron chi connectivity index (χ0n) is 13.6. The molecule has 1 atom stereocenters. The minimum Gasteiger partial charge on any atom is -0.497 e. The van der Waals surface area contributed by atoms with E-state index >= 15 is 0 Å². The van der Waals surface area contributed by atoms with Gasteiger partial charge in [0.15, 0.2) is 0 Å². The maximum atomic E-state index is 12.4. The molecule has 0 radical (unpaired) electrons. The smallest absolute Gasteiger partial charge is 0.270 e. The third-order valence-electron chi connectivity index (χ3n) is 3.57. The molecule has 7 nitrogen and oxygen atoms in total. The van der Waals surface area contributed by atoms with Gasteiger partial charge in [0, 0.05) is 23.3 Å². The lowest BCUT2D eigenvalue weighted by Crippen LogP contribution is -2.27. The van der Waals surface area contributed by atoms with Crippen LogP contribution in [0.1, 0.15) is 28.9 Å². The van der Waals surface area contributed by atoms with Gasteiger partial charge >= 0.3 is 0 Å². The fourth-order valence-corrected chi connectivity index (χ4v) is 2.30. The van der Waals surface area contributed by atoms with Gasteiger partial charge in [0.05, 0.1) is 25.2 Å². The van der Waals surface area contributed by atoms with Crippen LogP contribution in [0.25, 0.3) is 0 Å². The van der Waals surface area contributed by atoms with E-state index < -0.39 is 10.8 Å². The Labute approximate surface area is 139 Å². The van der Waals surface area contributed by atoms with Crippen LogP contribution in [0, 0.1) is 10.1 Å². The molecule has 0 bridgehead atoms. The minimum absolute atomic E-state index is 0.130. The first kappa shape index (κ1) is 17.3. The number of nitrogens with one attached hydrogen (secondary N) is 1. The predicted octanol–water partition coefficient (Wildman–Crippen LogP) is 3.10. The second-order valence-electron chi connectivity index (χ2n) is 5.11. The van der Waals surface area contributed by atoms with Crippen LogP contribution in [0.3, 0.4) is 0 Å². The summed E-state index contributed by atoms with van der Waals surface area (Å²) in [6.07, 6.45) is 0. The van der Waals surface area contributed by atoms with Crippen molar-refractivity contribution < 1.29 is 19.2 Å². The lowest BCUT2D eigenvalue weighted by atomic mass is 10.1. The van der Waals surface area contributed by atoms with Crippen molar-refractivity contribution in [1.82, 2.24) is 5.32 Å². The van der Waals surface area contributed by atoms with Gasteiger partial charge < -0.3 is 14.8 Å². The zero-order valence-corrected chi connectivity index (χ0v) is 13.6. The number of amides is 1. The molecule has 2 aromatic carbocycles. The van der Waals surface area contributed by atoms with Gasteiger partial charge in [-0.1, -0.05) is 6.07 Å². The molecule has 1 amide bonds. The van der Waals surface area contributed by atoms with Crippen molar-refractivity contribution in [3.8, 4) is 11.5 Å². The standard InChI is InChI=1S/C17H18N2O5/c1-11(15-10-14(23-2)7-8-16(15)24-3)18-17(20)12-5-4-6-13(9-12)19(21)22/h4-11H,1-3H3,(H,18,20)/t11-/m1/s1. The van der Waals surface area contributed by atoms with Gasteiger partial charge in [-0.15, -0.1) is 0 Å². The SMILES string of the molecule is COc1ccc(OC)c([C@@H](C)NC(=O)c2cccc([N+](=O)[O-])c2)c1. The number of ether oxygens (including phenoxy) is 2. The highest BCUT2D eigenvalue weighted by molar-refractivity contribution is 5.95. The summed E-state index contributed by atoms with van der Waals surface area (Å²) in [5.74, 6) is 0.848. The first-order valence-electron chi connectivity index (χ1n) is 7.23. The topological polar surface area (TPSA) is 90.7 Å². The molecular formula is C17H18N2O5. The molecule has 0 unspecified atom stereocenters. The van der Waals surface area contributed by atoms with Crippen LogP contribution in [-0.2, 0) is 0 Å². The van der Waals surface area contributed by atoms with Gasteiger partial charge in [-0.2, -0.15) is 0 Å². The van der Waals surface area contributed by atoms with Crippen molar-refractivity contribution in [2.24, 2.45) is 0 Å². The molecule has 0 saturated carbocycles. The van der Waals surface area contributed by atoms with Crippen LogP contribution in [0.2, 0.25) is 0 Å². The number of rotatable bonds is 6. The Balaban J connectivity index is 2.23. The Morgan fingerprint density at radius 2 is 1.92 bits per heavy atom. The number of carbonyl (C=O) groups excluding carboxylic acids is 1. The van der Waals surface area contributed by atoms with Crippen molar-refractivity contribution in [3.63, 3.8) is 0 Å². The summed E-state index contributed by atoms with van der Waals surface area (Å²) in [6, 6.07) is 10.5. The zero-order chi connectivity index (χ0) is 17.7. The Kier molecular flexibility index (Phi) is 5.36. The summed E-state index contributed by atoms with van der Waals surface area (Å²) < 4.78 is 10.5. The van der Waals surface area contributed by atoms with Crippen LogP contribution in [-0.4, -0.2) is 25.1 Å². The van der Waals surface area contributed by atoms with Crippen molar-refractivity contribution in [2.75, 3.05) is 14.2 Å². The summed E-state index contributed by atoms with van der Waals surface area (Å²) >= 11 is 0. The summed E-state index contributed by atoms with van der Waals surface area (Å²) in [5.41, 5.74) is 0.836. The fraction of sp³-hybridized carbons (Fsp3) is 0.235. The molecule has 0 aromatic heterocycles. The van der Waals surface area contributed by atoms with Crippen molar-refractivity contribution >= 4 is 11.6 Å². The molecule has 0 heterocycles. The molecule has 0 aliphatic heterocycles. The molecule has 24 heavy (non-hydrogen) atoms. The Bertz CT molecular complexity index is 760. The average Bonchev–Trinajstić information content (AvgIpc) is 2.61. The molecule has 0 saturated heterocycles. The van der Waals surface area contributed by atoms with Crippen molar-refractivity contribution in [1.29, 1.82) is 0 Å². The van der Waals surface area contributed by atoms with Crippen LogP contribution < -0.4 is 14.8 Å². The Morgan fingerprint density at radius 3 is 2.54 bits per heavy atom. The van der Waals surface area contributed by atoms with E-state index in [4.69, 9.17) is 9.47 Å². The van der Waals surface area contributed by atoms with Gasteiger partial charge in [-0.3, -0.25) is 14.9 Å². The van der Waals surface area contributed by atoms with Crippen LogP contribution in [0.5, 0.6) is 11.5 Å². The summed E-state index contributed by atoms with van der Waals surface area (Å²) in [6.45, 7) is 1.80. The molecular weight excluding hydrogens is 312 g/mol. The van der Waals surface area contributed by atoms with Gasteiger partial charge in [0.1, 0.15) is 11.5 Å². The highest BCUT2D eigenvalue weighted by atomic mass is 16.6. The number of carbonyl (C=O) groups is 1. The largest absolute Gasteiger partial charge is 0.497 e. The first-order chi connectivity index (χ1) is 11.5. The first-order valence-corrected chi connectivity index (χ1v) is 7.23. The van der Waals surface area contributed by atoms with E-state index in [1.165, 1.54) is 24.3 Å². The third-order valence-corrected chi connectivity index (χ3v) is 3.57. The predicted molar refractivity (Wildman–Crippen MR) is 88.5 cm³/mol. The summed E-state index contributed by atoms with van der Waals surface area (Å²) in [7, 11) is 3.10. The molecule has 1 N–H and O–H groups in total. The van der Waals surface area contributed by atoms with Crippen LogP contribution in [0.15, 0.2) is 42.5 Å². The van der Waals surface area contributed by atoms with E-state index in [1.807, 2.05) is 0 Å². The van der Waals surface area contributed by atoms with Crippen molar-refractivity contribution in [2.45, 2.75) is 13.0 Å². The number of benzene rings is 2. The number of methoxy groups -OCH3 is 2. The minimum atomic E-state index is -0.536. The average molecular weight is 330 g/mol. The molecule has 2 rings (SSSR count). The Hall–Kier alpha value is -3.09. The maximum Gasteiger partial charge on any atom is 0.270 e.